The summed E-state index contributed by atoms with van der Waals surface area (Å²) in [6, 6.07) is 7.94. The van der Waals surface area contributed by atoms with Crippen molar-refractivity contribution < 1.29 is 18.4 Å². The number of para-hydroxylation sites is 1. The van der Waals surface area contributed by atoms with Crippen LogP contribution in [0.5, 0.6) is 0 Å². The molecule has 0 spiro atoms. The summed E-state index contributed by atoms with van der Waals surface area (Å²) in [7, 11) is 0. The lowest BCUT2D eigenvalue weighted by atomic mass is 10.1. The number of primary amides is 1. The van der Waals surface area contributed by atoms with Gasteiger partial charge in [0.1, 0.15) is 17.3 Å². The highest BCUT2D eigenvalue weighted by Gasteiger charge is 2.21. The molecule has 0 saturated heterocycles. The highest BCUT2D eigenvalue weighted by molar-refractivity contribution is 6.32. The van der Waals surface area contributed by atoms with Gasteiger partial charge in [-0.05, 0) is 51.1 Å². The molecule has 162 valence electrons. The van der Waals surface area contributed by atoms with E-state index in [1.807, 2.05) is 0 Å². The van der Waals surface area contributed by atoms with E-state index in [4.69, 9.17) is 17.3 Å². The lowest BCUT2D eigenvalue weighted by Crippen LogP contribution is -2.40. The minimum atomic E-state index is -0.879. The van der Waals surface area contributed by atoms with Gasteiger partial charge < -0.3 is 16.4 Å². The largest absolute Gasteiger partial charge is 0.364 e. The number of hydrogen-bond acceptors (Lipinski definition) is 4. The highest BCUT2D eigenvalue weighted by Crippen LogP contribution is 2.28. The quantitative estimate of drug-likeness (QED) is 0.546. The van der Waals surface area contributed by atoms with Gasteiger partial charge in [0.25, 0.3) is 11.8 Å². The van der Waals surface area contributed by atoms with E-state index >= 15 is 0 Å². The normalized spacial score (nSPS) is 11.3. The number of nitrogens with one attached hydrogen (secondary N) is 2. The molecule has 0 fully saturated rings. The molecule has 4 N–H and O–H groups in total. The van der Waals surface area contributed by atoms with Gasteiger partial charge in [0.2, 0.25) is 0 Å². The molecule has 31 heavy (non-hydrogen) atoms. The van der Waals surface area contributed by atoms with Crippen molar-refractivity contribution in [2.45, 2.75) is 26.3 Å². The van der Waals surface area contributed by atoms with Crippen molar-refractivity contribution >= 4 is 34.8 Å². The summed E-state index contributed by atoms with van der Waals surface area (Å²) in [5.41, 5.74) is 4.79. The second-order valence-electron chi connectivity index (χ2n) is 7.79. The van der Waals surface area contributed by atoms with Gasteiger partial charge in [-0.15, -0.1) is 0 Å². The molecule has 1 aromatic heterocycles. The number of anilines is 2. The van der Waals surface area contributed by atoms with Gasteiger partial charge in [0.15, 0.2) is 5.69 Å². The summed E-state index contributed by atoms with van der Waals surface area (Å²) in [6.07, 6.45) is 1.31. The zero-order valence-electron chi connectivity index (χ0n) is 17.0. The second kappa shape index (κ2) is 8.35. The molecule has 2 aromatic carbocycles. The molecule has 0 aliphatic rings. The van der Waals surface area contributed by atoms with Gasteiger partial charge in [-0.1, -0.05) is 17.7 Å². The number of hydrogen-bond donors (Lipinski definition) is 3. The van der Waals surface area contributed by atoms with E-state index in [1.54, 1.807) is 20.8 Å². The van der Waals surface area contributed by atoms with E-state index in [0.717, 1.165) is 10.7 Å². The highest BCUT2D eigenvalue weighted by atomic mass is 35.5. The molecule has 0 aliphatic carbocycles. The zero-order chi connectivity index (χ0) is 22.9. The molecule has 2 amide bonds. The van der Waals surface area contributed by atoms with Crippen LogP contribution in [0.25, 0.3) is 5.69 Å². The van der Waals surface area contributed by atoms with Crippen molar-refractivity contribution in [3.05, 3.63) is 70.5 Å². The molecule has 0 saturated carbocycles. The Morgan fingerprint density at radius 2 is 1.84 bits per heavy atom. The number of nitrogens with zero attached hydrogens (tertiary/aromatic N) is 2. The number of nitrogens with two attached hydrogens (primary N) is 1. The van der Waals surface area contributed by atoms with Crippen LogP contribution in [-0.2, 0) is 0 Å². The van der Waals surface area contributed by atoms with Crippen molar-refractivity contribution in [3.8, 4) is 5.69 Å². The zero-order valence-corrected chi connectivity index (χ0v) is 17.7. The van der Waals surface area contributed by atoms with E-state index in [2.05, 4.69) is 15.7 Å². The van der Waals surface area contributed by atoms with E-state index in [-0.39, 0.29) is 33.3 Å². The van der Waals surface area contributed by atoms with Crippen LogP contribution < -0.4 is 16.4 Å². The van der Waals surface area contributed by atoms with Crippen LogP contribution in [0, 0.1) is 11.6 Å². The maximum atomic E-state index is 14.5. The minimum Gasteiger partial charge on any atom is -0.364 e. The Kier molecular flexibility index (Phi) is 5.99. The SMILES string of the molecule is CC(C)(C)NC(=O)c1ccc(Nc2cn(-c3c(F)cccc3Cl)nc2C(N)=O)cc1F. The number of benzene rings is 2. The predicted octanol–water partition coefficient (Wildman–Crippen LogP) is 4.17. The number of aromatic nitrogens is 2. The Morgan fingerprint density at radius 3 is 2.42 bits per heavy atom. The number of halogens is 3. The third-order valence-electron chi connectivity index (χ3n) is 4.10. The van der Waals surface area contributed by atoms with Crippen LogP contribution in [0.2, 0.25) is 5.02 Å². The second-order valence-corrected chi connectivity index (χ2v) is 8.20. The summed E-state index contributed by atoms with van der Waals surface area (Å²) in [5, 5.41) is 9.57. The van der Waals surface area contributed by atoms with E-state index in [9.17, 15) is 18.4 Å². The fourth-order valence-electron chi connectivity index (χ4n) is 2.81. The van der Waals surface area contributed by atoms with Gasteiger partial charge in [-0.2, -0.15) is 5.10 Å². The predicted molar refractivity (Wildman–Crippen MR) is 114 cm³/mol. The molecular formula is C21H20ClF2N5O2. The van der Waals surface area contributed by atoms with Gasteiger partial charge in [-0.3, -0.25) is 9.59 Å². The van der Waals surface area contributed by atoms with E-state index < -0.39 is 29.0 Å². The average molecular weight is 448 g/mol. The standard InChI is InChI=1S/C21H20ClF2N5O2/c1-21(2,3)27-20(31)12-8-7-11(9-15(12)24)26-16-10-29(28-17(16)19(25)30)18-13(22)5-4-6-14(18)23/h4-10,26H,1-3H3,(H2,25,30)(H,27,31). The third-order valence-corrected chi connectivity index (χ3v) is 4.40. The maximum absolute atomic E-state index is 14.5. The average Bonchev–Trinajstić information content (AvgIpc) is 3.03. The molecule has 0 bridgehead atoms. The lowest BCUT2D eigenvalue weighted by molar-refractivity contribution is 0.0914. The Labute approximate surface area is 182 Å². The minimum absolute atomic E-state index is 0.0694. The summed E-state index contributed by atoms with van der Waals surface area (Å²) in [6.45, 7) is 5.34. The molecule has 3 rings (SSSR count). The van der Waals surface area contributed by atoms with Crippen LogP contribution in [0.3, 0.4) is 0 Å². The van der Waals surface area contributed by atoms with Crippen LogP contribution in [-0.4, -0.2) is 27.1 Å². The van der Waals surface area contributed by atoms with Gasteiger partial charge >= 0.3 is 0 Å². The van der Waals surface area contributed by atoms with Crippen LogP contribution in [0.1, 0.15) is 41.6 Å². The van der Waals surface area contributed by atoms with Gasteiger partial charge in [-0.25, -0.2) is 13.5 Å². The Hall–Kier alpha value is -3.46. The molecule has 3 aromatic rings. The third kappa shape index (κ3) is 5.00. The van der Waals surface area contributed by atoms with Gasteiger partial charge in [0.05, 0.1) is 22.5 Å². The Morgan fingerprint density at radius 1 is 1.13 bits per heavy atom. The smallest absolute Gasteiger partial charge is 0.271 e. The molecule has 0 unspecified atom stereocenters. The van der Waals surface area contributed by atoms with Crippen LogP contribution in [0.15, 0.2) is 42.6 Å². The first-order valence-electron chi connectivity index (χ1n) is 9.19. The Bertz CT molecular complexity index is 1150. The molecule has 1 heterocycles. The number of carbonyl (C=O) groups excluding carboxylic acids is 2. The molecular weight excluding hydrogens is 428 g/mol. The van der Waals surface area contributed by atoms with Gasteiger partial charge in [0, 0.05) is 11.2 Å². The summed E-state index contributed by atoms with van der Waals surface area (Å²) in [4.78, 5) is 24.0. The van der Waals surface area contributed by atoms with Crippen molar-refractivity contribution in [2.24, 2.45) is 5.73 Å². The topological polar surface area (TPSA) is 102 Å². The molecule has 0 atom stereocenters. The first-order chi connectivity index (χ1) is 14.5. The van der Waals surface area contributed by atoms with E-state index in [1.165, 1.54) is 36.5 Å². The Balaban J connectivity index is 1.94. The number of rotatable bonds is 5. The lowest BCUT2D eigenvalue weighted by Gasteiger charge is -2.20. The van der Waals surface area contributed by atoms with Crippen molar-refractivity contribution in [1.29, 1.82) is 0 Å². The van der Waals surface area contributed by atoms with Crippen LogP contribution in [0.4, 0.5) is 20.2 Å². The fourth-order valence-corrected chi connectivity index (χ4v) is 3.06. The molecule has 7 nitrogen and oxygen atoms in total. The number of amides is 2. The molecule has 10 heteroatoms. The van der Waals surface area contributed by atoms with E-state index in [0.29, 0.717) is 0 Å². The van der Waals surface area contributed by atoms with Crippen molar-refractivity contribution in [3.63, 3.8) is 0 Å². The molecule has 0 radical (unpaired) electrons. The molecule has 0 aliphatic heterocycles. The summed E-state index contributed by atoms with van der Waals surface area (Å²) in [5.74, 6) is -2.86. The number of carbonyl (C=O) groups is 2. The first-order valence-corrected chi connectivity index (χ1v) is 9.57. The van der Waals surface area contributed by atoms with Crippen molar-refractivity contribution in [1.82, 2.24) is 15.1 Å². The summed E-state index contributed by atoms with van der Waals surface area (Å²) >= 11 is 6.05. The maximum Gasteiger partial charge on any atom is 0.271 e. The fraction of sp³-hybridized carbons (Fsp3) is 0.190. The summed E-state index contributed by atoms with van der Waals surface area (Å²) < 4.78 is 29.8. The van der Waals surface area contributed by atoms with Crippen LogP contribution >= 0.6 is 11.6 Å². The monoisotopic (exact) mass is 447 g/mol. The van der Waals surface area contributed by atoms with Crippen molar-refractivity contribution in [2.75, 3.05) is 5.32 Å². The first kappa shape index (κ1) is 22.2.